The summed E-state index contributed by atoms with van der Waals surface area (Å²) in [7, 11) is 0. The van der Waals surface area contributed by atoms with E-state index < -0.39 is 30.1 Å². The second-order valence-electron chi connectivity index (χ2n) is 10.3. The van der Waals surface area contributed by atoms with Crippen molar-refractivity contribution in [3.63, 3.8) is 0 Å². The maximum absolute atomic E-state index is 15.6. The van der Waals surface area contributed by atoms with E-state index in [0.29, 0.717) is 53.5 Å². The van der Waals surface area contributed by atoms with Gasteiger partial charge >= 0.3 is 11.9 Å². The fourth-order valence-corrected chi connectivity index (χ4v) is 5.95. The van der Waals surface area contributed by atoms with Gasteiger partial charge in [-0.25, -0.2) is 9.18 Å². The predicted octanol–water partition coefficient (Wildman–Crippen LogP) is 1.39. The van der Waals surface area contributed by atoms with Gasteiger partial charge in [-0.2, -0.15) is 5.10 Å². The van der Waals surface area contributed by atoms with Gasteiger partial charge in [0.2, 0.25) is 11.8 Å². The molecule has 2 aromatic carbocycles. The number of aromatic nitrogens is 4. The summed E-state index contributed by atoms with van der Waals surface area (Å²) in [5, 5.41) is 24.1. The van der Waals surface area contributed by atoms with E-state index in [-0.39, 0.29) is 29.5 Å². The first-order valence-corrected chi connectivity index (χ1v) is 13.0. The van der Waals surface area contributed by atoms with E-state index in [1.807, 2.05) is 12.1 Å². The highest BCUT2D eigenvalue weighted by molar-refractivity contribution is 6.00. The highest BCUT2D eigenvalue weighted by Gasteiger charge is 2.44. The highest BCUT2D eigenvalue weighted by Crippen LogP contribution is 2.42. The summed E-state index contributed by atoms with van der Waals surface area (Å²) in [6.45, 7) is 1.42. The molecule has 13 heteroatoms. The molecular weight excluding hydrogens is 521 g/mol. The molecule has 2 aromatic heterocycles. The van der Waals surface area contributed by atoms with Crippen molar-refractivity contribution in [3.05, 3.63) is 48.0 Å². The molecule has 40 heavy (non-hydrogen) atoms. The number of nitrogens with one attached hydrogen (secondary N) is 2. The van der Waals surface area contributed by atoms with Gasteiger partial charge in [0.15, 0.2) is 0 Å². The van der Waals surface area contributed by atoms with E-state index in [1.54, 1.807) is 34.7 Å². The molecule has 3 amide bonds. The first-order chi connectivity index (χ1) is 19.2. The van der Waals surface area contributed by atoms with Crippen LogP contribution in [-0.2, 0) is 25.7 Å². The van der Waals surface area contributed by atoms with E-state index in [4.69, 9.17) is 10.2 Å². The topological polar surface area (TPSA) is 148 Å². The number of rotatable bonds is 6. The number of nitrogens with zero attached hydrogens (tertiary/aromatic N) is 5. The standard InChI is InChI=1S/C27H26FN7O5/c1-15(36)35-7-5-16(6-8-35)27-26-18(19-10-22-17(9-20(19)28)11-31-34(22)35)3-2-4-21(26)33(32-27)14-24(38)29-12-23(37)30-13-25(39)40/h2-4,9-11,16H,5-8,12-14H2,1H3,(H2-,29,30,37,38,39,40)/p+1. The summed E-state index contributed by atoms with van der Waals surface area (Å²) in [6, 6.07) is 8.60. The second kappa shape index (κ2) is 9.52. The van der Waals surface area contributed by atoms with E-state index >= 15 is 4.39 Å². The van der Waals surface area contributed by atoms with Crippen LogP contribution < -0.4 is 15.2 Å². The van der Waals surface area contributed by atoms with Crippen molar-refractivity contribution in [3.8, 4) is 11.1 Å². The smallest absolute Gasteiger partial charge is 0.336 e. The lowest BCUT2D eigenvalue weighted by Gasteiger charge is -2.39. The Kier molecular flexibility index (Phi) is 6.10. The molecule has 206 valence electrons. The lowest BCUT2D eigenvalue weighted by molar-refractivity contribution is -0.138. The molecule has 3 aliphatic heterocycles. The van der Waals surface area contributed by atoms with Crippen LogP contribution in [0.4, 0.5) is 4.39 Å². The zero-order chi connectivity index (χ0) is 28.2. The van der Waals surface area contributed by atoms with Gasteiger partial charge in [-0.15, -0.1) is 9.69 Å². The number of carbonyl (C=O) groups is 4. The molecule has 4 bridgehead atoms. The van der Waals surface area contributed by atoms with Crippen LogP contribution in [0.1, 0.15) is 31.4 Å². The lowest BCUT2D eigenvalue weighted by Crippen LogP contribution is -2.65. The fraction of sp³-hybridized carbons (Fsp3) is 0.333. The number of carbonyl (C=O) groups excluding carboxylic acids is 3. The van der Waals surface area contributed by atoms with Crippen LogP contribution in [0.15, 0.2) is 36.5 Å². The summed E-state index contributed by atoms with van der Waals surface area (Å²) >= 11 is 0. The Balaban J connectivity index is 1.44. The SMILES string of the molecule is CC(=O)[N+]12CCC(CC1)c1nn(CC(=O)NCC(=O)NCC(=O)O)c3cccc(c13)-c1cc3c(cnn32)cc1F. The number of quaternary nitrogens is 1. The van der Waals surface area contributed by atoms with Crippen molar-refractivity contribution >= 4 is 45.5 Å². The summed E-state index contributed by atoms with van der Waals surface area (Å²) in [5.41, 5.74) is 3.03. The van der Waals surface area contributed by atoms with Crippen molar-refractivity contribution in [1.29, 1.82) is 0 Å². The van der Waals surface area contributed by atoms with Crippen molar-refractivity contribution in [2.75, 3.05) is 26.2 Å². The number of carboxylic acid groups (broad SMARTS) is 1. The number of carboxylic acids is 1. The fourth-order valence-electron chi connectivity index (χ4n) is 5.95. The molecular formula is C27H27FN7O5+. The molecule has 12 nitrogen and oxygen atoms in total. The minimum atomic E-state index is -1.19. The number of hydrogen-bond donors (Lipinski definition) is 3. The van der Waals surface area contributed by atoms with Crippen LogP contribution in [-0.4, -0.2) is 74.6 Å². The maximum Gasteiger partial charge on any atom is 0.336 e. The summed E-state index contributed by atoms with van der Waals surface area (Å²) in [4.78, 5) is 50.0. The van der Waals surface area contributed by atoms with Crippen molar-refractivity contribution in [1.82, 2.24) is 34.9 Å². The Morgan fingerprint density at radius 2 is 1.80 bits per heavy atom. The van der Waals surface area contributed by atoms with Crippen LogP contribution in [0.2, 0.25) is 0 Å². The van der Waals surface area contributed by atoms with Crippen LogP contribution in [0.5, 0.6) is 0 Å². The number of benzene rings is 2. The molecule has 5 heterocycles. The van der Waals surface area contributed by atoms with Gasteiger partial charge in [0.1, 0.15) is 37.5 Å². The summed E-state index contributed by atoms with van der Waals surface area (Å²) in [5.74, 6) is -2.82. The summed E-state index contributed by atoms with van der Waals surface area (Å²) < 4.78 is 17.2. The number of halogens is 1. The van der Waals surface area contributed by atoms with Crippen molar-refractivity contribution in [2.24, 2.45) is 0 Å². The third-order valence-electron chi connectivity index (χ3n) is 7.94. The zero-order valence-corrected chi connectivity index (χ0v) is 21.7. The van der Waals surface area contributed by atoms with Gasteiger partial charge in [0.25, 0.3) is 0 Å². The molecule has 4 aromatic rings. The molecule has 3 aliphatic rings. The van der Waals surface area contributed by atoms with E-state index in [0.717, 1.165) is 11.1 Å². The normalized spacial score (nSPS) is 19.5. The first-order valence-electron chi connectivity index (χ1n) is 13.0. The zero-order valence-electron chi connectivity index (χ0n) is 21.7. The number of fused-ring (bicyclic) bond motifs is 2. The molecule has 7 rings (SSSR count). The molecule has 0 radical (unpaired) electrons. The molecule has 0 unspecified atom stereocenters. The van der Waals surface area contributed by atoms with E-state index in [9.17, 15) is 19.2 Å². The van der Waals surface area contributed by atoms with Gasteiger partial charge in [0, 0.05) is 35.1 Å². The molecule has 0 atom stereocenters. The Bertz CT molecular complexity index is 1720. The van der Waals surface area contributed by atoms with Gasteiger partial charge in [-0.3, -0.25) is 19.1 Å². The second-order valence-corrected chi connectivity index (χ2v) is 10.3. The van der Waals surface area contributed by atoms with E-state index in [1.165, 1.54) is 6.07 Å². The Labute approximate surface area is 226 Å². The van der Waals surface area contributed by atoms with Gasteiger partial charge in [0.05, 0.1) is 30.9 Å². The van der Waals surface area contributed by atoms with Crippen LogP contribution in [0, 0.1) is 5.82 Å². The summed E-state index contributed by atoms with van der Waals surface area (Å²) in [6.07, 6.45) is 2.86. The highest BCUT2D eigenvalue weighted by atomic mass is 19.1. The Morgan fingerprint density at radius 3 is 2.52 bits per heavy atom. The first kappa shape index (κ1) is 25.6. The van der Waals surface area contributed by atoms with Gasteiger partial charge in [-0.1, -0.05) is 16.9 Å². The molecule has 3 N–H and O–H groups in total. The Hall–Kier alpha value is -4.65. The number of aliphatic carboxylic acids is 1. The van der Waals surface area contributed by atoms with Crippen LogP contribution in [0.3, 0.4) is 0 Å². The maximum atomic E-state index is 15.6. The molecule has 0 saturated carbocycles. The minimum absolute atomic E-state index is 0.0115. The van der Waals surface area contributed by atoms with Crippen molar-refractivity contribution < 1.29 is 28.7 Å². The predicted molar refractivity (Wildman–Crippen MR) is 142 cm³/mol. The average Bonchev–Trinajstić information content (AvgIpc) is 3.51. The lowest BCUT2D eigenvalue weighted by atomic mass is 9.88. The molecule has 1 fully saturated rings. The molecule has 0 aliphatic carbocycles. The number of amides is 3. The van der Waals surface area contributed by atoms with Crippen LogP contribution in [0.25, 0.3) is 32.9 Å². The average molecular weight is 549 g/mol. The molecule has 1 saturated heterocycles. The van der Waals surface area contributed by atoms with Crippen LogP contribution >= 0.6 is 0 Å². The van der Waals surface area contributed by atoms with Gasteiger partial charge in [-0.05, 0) is 23.8 Å². The van der Waals surface area contributed by atoms with E-state index in [2.05, 4.69) is 15.7 Å². The molecule has 0 spiro atoms. The quantitative estimate of drug-likeness (QED) is 0.308. The third-order valence-corrected chi connectivity index (χ3v) is 7.94. The Morgan fingerprint density at radius 1 is 1.05 bits per heavy atom. The largest absolute Gasteiger partial charge is 0.480 e. The third kappa shape index (κ3) is 4.09. The minimum Gasteiger partial charge on any atom is -0.480 e. The van der Waals surface area contributed by atoms with Gasteiger partial charge < -0.3 is 15.7 Å². The number of piperidine rings is 1. The van der Waals surface area contributed by atoms with Crippen molar-refractivity contribution in [2.45, 2.75) is 32.2 Å². The number of hydrogen-bond acceptors (Lipinski definition) is 6. The monoisotopic (exact) mass is 548 g/mol.